The summed E-state index contributed by atoms with van der Waals surface area (Å²) in [5.41, 5.74) is 4.99. The third kappa shape index (κ3) is 5.37. The van der Waals surface area contributed by atoms with Gasteiger partial charge in [-0.1, -0.05) is 37.3 Å². The number of nitrogens with one attached hydrogen (secondary N) is 1. The molecule has 0 aromatic heterocycles. The summed E-state index contributed by atoms with van der Waals surface area (Å²) < 4.78 is 0. The number of carboxylic acid groups (broad SMARTS) is 2. The minimum atomic E-state index is -1.69. The molecular weight excluding hydrogens is 300 g/mol. The normalized spacial score (nSPS) is 16.0. The number of rotatable bonds is 8. The molecule has 1 amide bonds. The predicted octanol–water partition coefficient (Wildman–Crippen LogP) is 0.627. The minimum Gasteiger partial charge on any atom is -0.481 e. The van der Waals surface area contributed by atoms with Crippen molar-refractivity contribution in [1.82, 2.24) is 5.32 Å². The van der Waals surface area contributed by atoms with Crippen LogP contribution in [0.15, 0.2) is 30.3 Å². The van der Waals surface area contributed by atoms with E-state index in [2.05, 4.69) is 5.32 Å². The van der Waals surface area contributed by atoms with Crippen LogP contribution < -0.4 is 11.1 Å². The third-order valence-corrected chi connectivity index (χ3v) is 3.64. The molecule has 1 aromatic carbocycles. The molecule has 0 heterocycles. The van der Waals surface area contributed by atoms with E-state index in [1.165, 1.54) is 13.8 Å². The second kappa shape index (κ2) is 7.73. The Balaban J connectivity index is 2.77. The van der Waals surface area contributed by atoms with Crippen LogP contribution in [0.4, 0.5) is 0 Å². The van der Waals surface area contributed by atoms with Crippen LogP contribution in [0.1, 0.15) is 25.8 Å². The molecule has 0 aliphatic rings. The van der Waals surface area contributed by atoms with Crippen LogP contribution in [0.25, 0.3) is 0 Å². The molecule has 0 radical (unpaired) electrons. The number of carboxylic acids is 2. The standard InChI is InChI=1S/C16H22N2O5/c1-10(14(20)21)9-16(2,15(22)23)18-13(19)12(17)8-11-6-4-3-5-7-11/h3-7,10,12H,8-9,17H2,1-2H3,(H,18,19)(H,20,21)(H,22,23)/t10?,12-,16?/m1/s1. The van der Waals surface area contributed by atoms with Crippen molar-refractivity contribution in [2.24, 2.45) is 11.7 Å². The molecule has 1 aromatic rings. The van der Waals surface area contributed by atoms with Gasteiger partial charge in [-0.15, -0.1) is 0 Å². The van der Waals surface area contributed by atoms with Gasteiger partial charge in [0.1, 0.15) is 5.54 Å². The lowest BCUT2D eigenvalue weighted by Crippen LogP contribution is -2.57. The SMILES string of the molecule is CC(CC(C)(NC(=O)[C@H](N)Cc1ccccc1)C(=O)O)C(=O)O. The van der Waals surface area contributed by atoms with Crippen molar-refractivity contribution < 1.29 is 24.6 Å². The first-order valence-electron chi connectivity index (χ1n) is 7.23. The summed E-state index contributed by atoms with van der Waals surface area (Å²) in [6, 6.07) is 8.18. The van der Waals surface area contributed by atoms with Crippen LogP contribution in [0, 0.1) is 5.92 Å². The highest BCUT2D eigenvalue weighted by atomic mass is 16.4. The second-order valence-corrected chi connectivity index (χ2v) is 5.87. The van der Waals surface area contributed by atoms with Gasteiger partial charge in [-0.2, -0.15) is 0 Å². The van der Waals surface area contributed by atoms with E-state index in [1.54, 1.807) is 0 Å². The topological polar surface area (TPSA) is 130 Å². The van der Waals surface area contributed by atoms with E-state index < -0.39 is 35.3 Å². The number of carbonyl (C=O) groups excluding carboxylic acids is 1. The molecule has 0 aliphatic carbocycles. The zero-order chi connectivity index (χ0) is 17.6. The van der Waals surface area contributed by atoms with E-state index in [1.807, 2.05) is 30.3 Å². The minimum absolute atomic E-state index is 0.235. The lowest BCUT2D eigenvalue weighted by atomic mass is 9.89. The van der Waals surface area contributed by atoms with Crippen LogP contribution in [0.3, 0.4) is 0 Å². The van der Waals surface area contributed by atoms with Gasteiger partial charge in [-0.05, 0) is 25.3 Å². The molecule has 0 spiro atoms. The highest BCUT2D eigenvalue weighted by Gasteiger charge is 2.38. The van der Waals surface area contributed by atoms with Gasteiger partial charge < -0.3 is 21.3 Å². The fourth-order valence-electron chi connectivity index (χ4n) is 2.22. The summed E-state index contributed by atoms with van der Waals surface area (Å²) in [4.78, 5) is 34.5. The zero-order valence-electron chi connectivity index (χ0n) is 13.2. The summed E-state index contributed by atoms with van der Waals surface area (Å²) in [5, 5.41) is 20.6. The van der Waals surface area contributed by atoms with Crippen molar-refractivity contribution >= 4 is 17.8 Å². The van der Waals surface area contributed by atoms with Crippen molar-refractivity contribution in [3.63, 3.8) is 0 Å². The molecule has 126 valence electrons. The Morgan fingerprint density at radius 2 is 1.78 bits per heavy atom. The van der Waals surface area contributed by atoms with Crippen LogP contribution in [0.2, 0.25) is 0 Å². The maximum Gasteiger partial charge on any atom is 0.329 e. The highest BCUT2D eigenvalue weighted by Crippen LogP contribution is 2.18. The van der Waals surface area contributed by atoms with Gasteiger partial charge in [0.25, 0.3) is 0 Å². The van der Waals surface area contributed by atoms with Crippen molar-refractivity contribution in [3.05, 3.63) is 35.9 Å². The van der Waals surface area contributed by atoms with Gasteiger partial charge in [0.15, 0.2) is 0 Å². The van der Waals surface area contributed by atoms with E-state index in [0.29, 0.717) is 0 Å². The van der Waals surface area contributed by atoms with Gasteiger partial charge in [0.05, 0.1) is 12.0 Å². The Kier molecular flexibility index (Phi) is 6.27. The lowest BCUT2D eigenvalue weighted by Gasteiger charge is -2.29. The molecule has 7 heteroatoms. The Labute approximate surface area is 134 Å². The van der Waals surface area contributed by atoms with E-state index in [0.717, 1.165) is 5.56 Å². The monoisotopic (exact) mass is 322 g/mol. The highest BCUT2D eigenvalue weighted by molar-refractivity contribution is 5.89. The first-order valence-corrected chi connectivity index (χ1v) is 7.23. The molecule has 2 unspecified atom stereocenters. The average Bonchev–Trinajstić information content (AvgIpc) is 2.47. The van der Waals surface area contributed by atoms with Crippen molar-refractivity contribution in [2.75, 3.05) is 0 Å². The fourth-order valence-corrected chi connectivity index (χ4v) is 2.22. The van der Waals surface area contributed by atoms with E-state index in [9.17, 15) is 19.5 Å². The molecule has 0 fully saturated rings. The largest absolute Gasteiger partial charge is 0.481 e. The van der Waals surface area contributed by atoms with Crippen molar-refractivity contribution in [3.8, 4) is 0 Å². The summed E-state index contributed by atoms with van der Waals surface area (Å²) >= 11 is 0. The number of carbonyl (C=O) groups is 3. The quantitative estimate of drug-likeness (QED) is 0.555. The molecule has 3 atom stereocenters. The second-order valence-electron chi connectivity index (χ2n) is 5.87. The Morgan fingerprint density at radius 1 is 1.22 bits per heavy atom. The summed E-state index contributed by atoms with van der Waals surface area (Å²) in [6.07, 6.45) is 0.0261. The predicted molar refractivity (Wildman–Crippen MR) is 83.7 cm³/mol. The smallest absolute Gasteiger partial charge is 0.329 e. The van der Waals surface area contributed by atoms with Gasteiger partial charge in [0.2, 0.25) is 5.91 Å². The van der Waals surface area contributed by atoms with Crippen LogP contribution >= 0.6 is 0 Å². The van der Waals surface area contributed by atoms with Crippen molar-refractivity contribution in [2.45, 2.75) is 38.3 Å². The fraction of sp³-hybridized carbons (Fsp3) is 0.438. The molecular formula is C16H22N2O5. The number of nitrogens with two attached hydrogens (primary N) is 1. The average molecular weight is 322 g/mol. The van der Waals surface area contributed by atoms with Crippen LogP contribution in [0.5, 0.6) is 0 Å². The Morgan fingerprint density at radius 3 is 2.26 bits per heavy atom. The summed E-state index contributed by atoms with van der Waals surface area (Å²) in [5.74, 6) is -3.97. The molecule has 0 saturated heterocycles. The van der Waals surface area contributed by atoms with E-state index in [4.69, 9.17) is 10.8 Å². The summed E-state index contributed by atoms with van der Waals surface area (Å²) in [6.45, 7) is 2.67. The molecule has 23 heavy (non-hydrogen) atoms. The number of benzene rings is 1. The first-order chi connectivity index (χ1) is 10.7. The van der Waals surface area contributed by atoms with Crippen LogP contribution in [-0.4, -0.2) is 39.6 Å². The van der Waals surface area contributed by atoms with E-state index in [-0.39, 0.29) is 12.8 Å². The number of amides is 1. The molecule has 1 rings (SSSR count). The number of hydrogen-bond donors (Lipinski definition) is 4. The zero-order valence-corrected chi connectivity index (χ0v) is 13.2. The van der Waals surface area contributed by atoms with Gasteiger partial charge in [0, 0.05) is 0 Å². The third-order valence-electron chi connectivity index (χ3n) is 3.64. The maximum atomic E-state index is 12.2. The van der Waals surface area contributed by atoms with Crippen LogP contribution in [-0.2, 0) is 20.8 Å². The van der Waals surface area contributed by atoms with Gasteiger partial charge in [-0.3, -0.25) is 9.59 Å². The molecule has 0 bridgehead atoms. The first kappa shape index (κ1) is 18.6. The van der Waals surface area contributed by atoms with Gasteiger partial charge >= 0.3 is 11.9 Å². The molecule has 0 aliphatic heterocycles. The Hall–Kier alpha value is -2.41. The summed E-state index contributed by atoms with van der Waals surface area (Å²) in [7, 11) is 0. The number of aliphatic carboxylic acids is 2. The van der Waals surface area contributed by atoms with Gasteiger partial charge in [-0.25, -0.2) is 4.79 Å². The molecule has 0 saturated carbocycles. The number of hydrogen-bond acceptors (Lipinski definition) is 4. The maximum absolute atomic E-state index is 12.2. The lowest BCUT2D eigenvalue weighted by molar-refractivity contribution is -0.150. The molecule has 5 N–H and O–H groups in total. The molecule has 7 nitrogen and oxygen atoms in total. The Bertz CT molecular complexity index is 575. The van der Waals surface area contributed by atoms with E-state index >= 15 is 0 Å². The van der Waals surface area contributed by atoms with Crippen molar-refractivity contribution in [1.29, 1.82) is 0 Å².